The Morgan fingerprint density at radius 3 is 2.44 bits per heavy atom. The third-order valence-corrected chi connectivity index (χ3v) is 2.96. The Morgan fingerprint density at radius 2 is 1.88 bits per heavy atom. The molecule has 0 saturated heterocycles. The van der Waals surface area contributed by atoms with Crippen LogP contribution < -0.4 is 0 Å². The second-order valence-corrected chi connectivity index (χ2v) is 4.34. The number of hydrogen-bond acceptors (Lipinski definition) is 2. The molecule has 2 nitrogen and oxygen atoms in total. The first-order chi connectivity index (χ1) is 7.74. The van der Waals surface area contributed by atoms with Crippen molar-refractivity contribution in [2.24, 2.45) is 0 Å². The lowest BCUT2D eigenvalue weighted by atomic mass is 9.79. The van der Waals surface area contributed by atoms with E-state index in [2.05, 4.69) is 0 Å². The van der Waals surface area contributed by atoms with Crippen LogP contribution >= 0.6 is 0 Å². The molecule has 0 spiro atoms. The van der Waals surface area contributed by atoms with Crippen molar-refractivity contribution >= 4 is 0 Å². The second-order valence-electron chi connectivity index (χ2n) is 4.34. The summed E-state index contributed by atoms with van der Waals surface area (Å²) in [6.45, 7) is 2.16. The van der Waals surface area contributed by atoms with Gasteiger partial charge in [-0.3, -0.25) is 0 Å². The fourth-order valence-electron chi connectivity index (χ4n) is 1.89. The first-order valence-corrected chi connectivity index (χ1v) is 5.43. The lowest BCUT2D eigenvalue weighted by Crippen LogP contribution is -2.29. The molecule has 0 aliphatic rings. The Labute approximate surface area is 95.5 Å². The Balaban J connectivity index is 2.26. The molecule has 0 radical (unpaired) electrons. The van der Waals surface area contributed by atoms with Crippen LogP contribution in [0.15, 0.2) is 53.1 Å². The molecular weight excluding hydrogens is 200 g/mol. The minimum atomic E-state index is -0.279. The normalized spacial score (nSPS) is 14.6. The van der Waals surface area contributed by atoms with Crippen LogP contribution in [-0.2, 0) is 11.8 Å². The van der Waals surface area contributed by atoms with Crippen LogP contribution in [0.5, 0.6) is 0 Å². The maximum atomic E-state index is 9.60. The minimum absolute atomic E-state index is 0.109. The summed E-state index contributed by atoms with van der Waals surface area (Å²) >= 11 is 0. The second kappa shape index (κ2) is 4.54. The molecule has 1 atom stereocenters. The zero-order chi connectivity index (χ0) is 11.4. The highest BCUT2D eigenvalue weighted by molar-refractivity contribution is 5.26. The van der Waals surface area contributed by atoms with E-state index in [-0.39, 0.29) is 12.0 Å². The van der Waals surface area contributed by atoms with Crippen LogP contribution in [0.25, 0.3) is 0 Å². The van der Waals surface area contributed by atoms with E-state index in [4.69, 9.17) is 4.42 Å². The average Bonchev–Trinajstić information content (AvgIpc) is 2.83. The van der Waals surface area contributed by atoms with E-state index in [1.807, 2.05) is 49.4 Å². The lowest BCUT2D eigenvalue weighted by Gasteiger charge is -2.26. The molecule has 1 heterocycles. The summed E-state index contributed by atoms with van der Waals surface area (Å²) in [6.07, 6.45) is 2.37. The highest BCUT2D eigenvalue weighted by Gasteiger charge is 2.27. The van der Waals surface area contributed by atoms with Crippen molar-refractivity contribution in [1.29, 1.82) is 0 Å². The third kappa shape index (κ3) is 2.17. The smallest absolute Gasteiger partial charge is 0.104 e. The van der Waals surface area contributed by atoms with Gasteiger partial charge in [-0.25, -0.2) is 0 Å². The van der Waals surface area contributed by atoms with Gasteiger partial charge in [0.25, 0.3) is 0 Å². The molecule has 0 amide bonds. The number of hydrogen-bond donors (Lipinski definition) is 1. The quantitative estimate of drug-likeness (QED) is 0.852. The molecule has 0 saturated carbocycles. The van der Waals surface area contributed by atoms with E-state index in [1.54, 1.807) is 6.26 Å². The van der Waals surface area contributed by atoms with Crippen molar-refractivity contribution in [3.63, 3.8) is 0 Å². The standard InChI is InChI=1S/C14H16O2/c1-14(11-15,10-13-8-5-9-16-13)12-6-3-2-4-7-12/h2-9,15H,10-11H2,1H3. The summed E-state index contributed by atoms with van der Waals surface area (Å²) in [5.41, 5.74) is 0.855. The van der Waals surface area contributed by atoms with E-state index >= 15 is 0 Å². The van der Waals surface area contributed by atoms with Gasteiger partial charge in [-0.05, 0) is 17.7 Å². The lowest BCUT2D eigenvalue weighted by molar-refractivity contribution is 0.198. The molecule has 1 aromatic carbocycles. The van der Waals surface area contributed by atoms with E-state index in [0.717, 1.165) is 11.3 Å². The number of aliphatic hydroxyl groups excluding tert-OH is 1. The number of rotatable bonds is 4. The maximum absolute atomic E-state index is 9.60. The van der Waals surface area contributed by atoms with E-state index < -0.39 is 0 Å². The minimum Gasteiger partial charge on any atom is -0.469 e. The van der Waals surface area contributed by atoms with Crippen molar-refractivity contribution in [2.75, 3.05) is 6.61 Å². The molecule has 0 fully saturated rings. The summed E-state index contributed by atoms with van der Waals surface area (Å²) in [7, 11) is 0. The molecule has 16 heavy (non-hydrogen) atoms. The largest absolute Gasteiger partial charge is 0.469 e. The van der Waals surface area contributed by atoms with Crippen LogP contribution in [0.2, 0.25) is 0 Å². The molecule has 2 rings (SSSR count). The fourth-order valence-corrected chi connectivity index (χ4v) is 1.89. The molecule has 1 unspecified atom stereocenters. The number of benzene rings is 1. The SMILES string of the molecule is CC(CO)(Cc1ccco1)c1ccccc1. The molecule has 2 aromatic rings. The van der Waals surface area contributed by atoms with Gasteiger partial charge in [0.05, 0.1) is 12.9 Å². The summed E-state index contributed by atoms with van der Waals surface area (Å²) in [6, 6.07) is 13.9. The van der Waals surface area contributed by atoms with Gasteiger partial charge in [0, 0.05) is 11.8 Å². The molecule has 0 aliphatic carbocycles. The molecular formula is C14H16O2. The Hall–Kier alpha value is -1.54. The maximum Gasteiger partial charge on any atom is 0.104 e. The van der Waals surface area contributed by atoms with Crippen LogP contribution in [-0.4, -0.2) is 11.7 Å². The van der Waals surface area contributed by atoms with Crippen LogP contribution in [0, 0.1) is 0 Å². The highest BCUT2D eigenvalue weighted by Crippen LogP contribution is 2.27. The van der Waals surface area contributed by atoms with Gasteiger partial charge in [-0.1, -0.05) is 37.3 Å². The third-order valence-electron chi connectivity index (χ3n) is 2.96. The van der Waals surface area contributed by atoms with Crippen molar-refractivity contribution in [2.45, 2.75) is 18.8 Å². The number of aliphatic hydroxyl groups is 1. The van der Waals surface area contributed by atoms with E-state index in [9.17, 15) is 5.11 Å². The van der Waals surface area contributed by atoms with E-state index in [0.29, 0.717) is 6.42 Å². The first-order valence-electron chi connectivity index (χ1n) is 5.43. The van der Waals surface area contributed by atoms with Crippen LogP contribution in [0.3, 0.4) is 0 Å². The van der Waals surface area contributed by atoms with Gasteiger partial charge in [0.2, 0.25) is 0 Å². The summed E-state index contributed by atoms with van der Waals surface area (Å²) in [5.74, 6) is 0.903. The highest BCUT2D eigenvalue weighted by atomic mass is 16.3. The topological polar surface area (TPSA) is 33.4 Å². The summed E-state index contributed by atoms with van der Waals surface area (Å²) in [4.78, 5) is 0. The summed E-state index contributed by atoms with van der Waals surface area (Å²) < 4.78 is 5.34. The van der Waals surface area contributed by atoms with Gasteiger partial charge < -0.3 is 9.52 Å². The monoisotopic (exact) mass is 216 g/mol. The van der Waals surface area contributed by atoms with Gasteiger partial charge in [0.15, 0.2) is 0 Å². The van der Waals surface area contributed by atoms with Gasteiger partial charge >= 0.3 is 0 Å². The van der Waals surface area contributed by atoms with E-state index in [1.165, 1.54) is 0 Å². The van der Waals surface area contributed by atoms with Crippen molar-refractivity contribution in [3.05, 3.63) is 60.1 Å². The average molecular weight is 216 g/mol. The van der Waals surface area contributed by atoms with Gasteiger partial charge in [-0.2, -0.15) is 0 Å². The Morgan fingerprint density at radius 1 is 1.12 bits per heavy atom. The Bertz CT molecular complexity index is 419. The van der Waals surface area contributed by atoms with Crippen molar-refractivity contribution in [1.82, 2.24) is 0 Å². The molecule has 84 valence electrons. The molecule has 2 heteroatoms. The molecule has 0 bridgehead atoms. The summed E-state index contributed by atoms with van der Waals surface area (Å²) in [5, 5.41) is 9.60. The van der Waals surface area contributed by atoms with Gasteiger partial charge in [-0.15, -0.1) is 0 Å². The first kappa shape index (κ1) is 11.0. The fraction of sp³-hybridized carbons (Fsp3) is 0.286. The predicted octanol–water partition coefficient (Wildman–Crippen LogP) is 2.77. The zero-order valence-electron chi connectivity index (χ0n) is 9.39. The van der Waals surface area contributed by atoms with Crippen LogP contribution in [0.1, 0.15) is 18.2 Å². The zero-order valence-corrected chi connectivity index (χ0v) is 9.39. The molecule has 0 aliphatic heterocycles. The van der Waals surface area contributed by atoms with Crippen LogP contribution in [0.4, 0.5) is 0 Å². The Kier molecular flexibility index (Phi) is 3.11. The van der Waals surface area contributed by atoms with Gasteiger partial charge in [0.1, 0.15) is 5.76 Å². The van der Waals surface area contributed by atoms with Crippen molar-refractivity contribution in [3.8, 4) is 0 Å². The molecule has 1 aromatic heterocycles. The predicted molar refractivity (Wildman–Crippen MR) is 63.3 cm³/mol. The van der Waals surface area contributed by atoms with Crippen molar-refractivity contribution < 1.29 is 9.52 Å². The molecule has 1 N–H and O–H groups in total. The number of furan rings is 1.